The van der Waals surface area contributed by atoms with Gasteiger partial charge in [-0.05, 0) is 35.9 Å². The predicted molar refractivity (Wildman–Crippen MR) is 102 cm³/mol. The molecule has 0 saturated carbocycles. The van der Waals surface area contributed by atoms with E-state index in [0.717, 1.165) is 10.8 Å². The number of pyridine rings is 1. The van der Waals surface area contributed by atoms with E-state index in [-0.39, 0.29) is 5.70 Å². The Hall–Kier alpha value is -3.54. The lowest BCUT2D eigenvalue weighted by Crippen LogP contribution is -2.02. The standard InChI is InChI=1S/C19H13ClN4O3/c1-26-19(25)16(23-24-21)9-12-5-6-14(20)10-18(12)27-17-4-2-3-13-11-22-8-7-15(13)17/h2-11H,1H3/b16-9+. The van der Waals surface area contributed by atoms with E-state index in [1.165, 1.54) is 13.2 Å². The average molecular weight is 381 g/mol. The average Bonchev–Trinajstić information content (AvgIpc) is 2.69. The Bertz CT molecular complexity index is 1090. The first-order valence-electron chi connectivity index (χ1n) is 7.77. The molecule has 1 aromatic heterocycles. The molecule has 7 nitrogen and oxygen atoms in total. The van der Waals surface area contributed by atoms with E-state index < -0.39 is 5.97 Å². The molecule has 0 N–H and O–H groups in total. The number of ether oxygens (including phenoxy) is 2. The topological polar surface area (TPSA) is 97.2 Å². The Labute approximate surface area is 159 Å². The number of hydrogen-bond donors (Lipinski definition) is 0. The van der Waals surface area contributed by atoms with Gasteiger partial charge in [0, 0.05) is 44.7 Å². The van der Waals surface area contributed by atoms with Gasteiger partial charge in [-0.1, -0.05) is 28.8 Å². The van der Waals surface area contributed by atoms with Crippen molar-refractivity contribution in [3.63, 3.8) is 0 Å². The first kappa shape index (κ1) is 18.3. The lowest BCUT2D eigenvalue weighted by Gasteiger charge is -2.12. The van der Waals surface area contributed by atoms with Crippen LogP contribution in [-0.4, -0.2) is 18.1 Å². The number of esters is 1. The Morgan fingerprint density at radius 1 is 1.26 bits per heavy atom. The number of fused-ring (bicyclic) bond motifs is 1. The number of methoxy groups -OCH3 is 1. The minimum atomic E-state index is -0.759. The van der Waals surface area contributed by atoms with Gasteiger partial charge in [-0.25, -0.2) is 4.79 Å². The summed E-state index contributed by atoms with van der Waals surface area (Å²) in [5, 5.41) is 5.61. The molecule has 1 heterocycles. The van der Waals surface area contributed by atoms with Crippen LogP contribution < -0.4 is 4.74 Å². The quantitative estimate of drug-likeness (QED) is 0.192. The van der Waals surface area contributed by atoms with Crippen molar-refractivity contribution in [2.45, 2.75) is 0 Å². The van der Waals surface area contributed by atoms with E-state index in [9.17, 15) is 4.79 Å². The van der Waals surface area contributed by atoms with Crippen LogP contribution in [0, 0.1) is 0 Å². The molecular weight excluding hydrogens is 368 g/mol. The minimum absolute atomic E-state index is 0.200. The molecule has 3 rings (SSSR count). The van der Waals surface area contributed by atoms with Crippen LogP contribution in [0.25, 0.3) is 27.3 Å². The smallest absolute Gasteiger partial charge is 0.340 e. The molecule has 0 aliphatic rings. The molecule has 0 spiro atoms. The fraction of sp³-hybridized carbons (Fsp3) is 0.0526. The third kappa shape index (κ3) is 4.17. The Morgan fingerprint density at radius 3 is 2.89 bits per heavy atom. The number of hydrogen-bond acceptors (Lipinski definition) is 5. The molecule has 2 aromatic carbocycles. The predicted octanol–water partition coefficient (Wildman–Crippen LogP) is 5.50. The zero-order chi connectivity index (χ0) is 19.2. The highest BCUT2D eigenvalue weighted by Crippen LogP contribution is 2.34. The Kier molecular flexibility index (Phi) is 5.56. The van der Waals surface area contributed by atoms with Crippen molar-refractivity contribution >= 4 is 34.4 Å². The van der Waals surface area contributed by atoms with E-state index in [1.54, 1.807) is 30.6 Å². The minimum Gasteiger partial charge on any atom is -0.466 e. The van der Waals surface area contributed by atoms with Gasteiger partial charge in [0.25, 0.3) is 0 Å². The molecule has 0 saturated heterocycles. The highest BCUT2D eigenvalue weighted by molar-refractivity contribution is 6.30. The van der Waals surface area contributed by atoms with Gasteiger partial charge in [0.2, 0.25) is 0 Å². The number of azide groups is 1. The third-order valence-corrected chi connectivity index (χ3v) is 3.91. The van der Waals surface area contributed by atoms with Gasteiger partial charge < -0.3 is 9.47 Å². The maximum absolute atomic E-state index is 11.8. The zero-order valence-corrected chi connectivity index (χ0v) is 14.9. The van der Waals surface area contributed by atoms with Gasteiger partial charge >= 0.3 is 5.97 Å². The molecule has 27 heavy (non-hydrogen) atoms. The molecule has 3 aromatic rings. The van der Waals surface area contributed by atoms with Crippen molar-refractivity contribution in [1.82, 2.24) is 4.98 Å². The Balaban J connectivity index is 2.09. The highest BCUT2D eigenvalue weighted by Gasteiger charge is 2.12. The first-order valence-corrected chi connectivity index (χ1v) is 8.15. The lowest BCUT2D eigenvalue weighted by atomic mass is 10.1. The van der Waals surface area contributed by atoms with E-state index in [1.807, 2.05) is 24.3 Å². The van der Waals surface area contributed by atoms with Gasteiger partial charge in [0.05, 0.1) is 7.11 Å². The van der Waals surface area contributed by atoms with Crippen LogP contribution in [0.3, 0.4) is 0 Å². The number of carbonyl (C=O) groups excluding carboxylic acids is 1. The van der Waals surface area contributed by atoms with Crippen LogP contribution >= 0.6 is 11.6 Å². The van der Waals surface area contributed by atoms with Crippen LogP contribution in [0.4, 0.5) is 0 Å². The molecule has 0 atom stereocenters. The van der Waals surface area contributed by atoms with E-state index in [2.05, 4.69) is 19.7 Å². The van der Waals surface area contributed by atoms with Crippen molar-refractivity contribution < 1.29 is 14.3 Å². The summed E-state index contributed by atoms with van der Waals surface area (Å²) in [4.78, 5) is 18.5. The van der Waals surface area contributed by atoms with Crippen LogP contribution in [0.2, 0.25) is 5.02 Å². The number of carbonyl (C=O) groups is 1. The summed E-state index contributed by atoms with van der Waals surface area (Å²) in [5.41, 5.74) is 8.98. The molecule has 0 aliphatic heterocycles. The van der Waals surface area contributed by atoms with Gasteiger partial charge in [-0.3, -0.25) is 4.98 Å². The third-order valence-electron chi connectivity index (χ3n) is 3.68. The van der Waals surface area contributed by atoms with E-state index in [0.29, 0.717) is 22.1 Å². The highest BCUT2D eigenvalue weighted by atomic mass is 35.5. The summed E-state index contributed by atoms with van der Waals surface area (Å²) in [6, 6.07) is 12.3. The van der Waals surface area contributed by atoms with E-state index in [4.69, 9.17) is 21.9 Å². The van der Waals surface area contributed by atoms with Crippen LogP contribution in [-0.2, 0) is 9.53 Å². The second kappa shape index (κ2) is 8.23. The largest absolute Gasteiger partial charge is 0.466 e. The molecule has 0 radical (unpaired) electrons. The maximum Gasteiger partial charge on any atom is 0.340 e. The zero-order valence-electron chi connectivity index (χ0n) is 14.2. The maximum atomic E-state index is 11.8. The van der Waals surface area contributed by atoms with Crippen molar-refractivity contribution in [3.05, 3.63) is 81.6 Å². The number of rotatable bonds is 5. The molecule has 0 aliphatic carbocycles. The lowest BCUT2D eigenvalue weighted by molar-refractivity contribution is -0.136. The van der Waals surface area contributed by atoms with Gasteiger partial charge in [0.1, 0.15) is 17.2 Å². The van der Waals surface area contributed by atoms with Gasteiger partial charge in [-0.2, -0.15) is 0 Å². The number of benzene rings is 2. The summed E-state index contributed by atoms with van der Waals surface area (Å²) in [6.45, 7) is 0. The number of aromatic nitrogens is 1. The Morgan fingerprint density at radius 2 is 2.11 bits per heavy atom. The second-order valence-electron chi connectivity index (χ2n) is 5.35. The molecule has 0 unspecified atom stereocenters. The molecule has 134 valence electrons. The monoisotopic (exact) mass is 380 g/mol. The molecule has 0 bridgehead atoms. The molecule has 0 fully saturated rings. The second-order valence-corrected chi connectivity index (χ2v) is 5.78. The number of halogens is 1. The summed E-state index contributed by atoms with van der Waals surface area (Å²) in [7, 11) is 1.20. The van der Waals surface area contributed by atoms with E-state index >= 15 is 0 Å². The van der Waals surface area contributed by atoms with Crippen molar-refractivity contribution in [1.29, 1.82) is 0 Å². The summed E-state index contributed by atoms with van der Waals surface area (Å²) in [6.07, 6.45) is 4.78. The van der Waals surface area contributed by atoms with Crippen molar-refractivity contribution in [2.24, 2.45) is 5.11 Å². The van der Waals surface area contributed by atoms with Crippen molar-refractivity contribution in [2.75, 3.05) is 7.11 Å². The summed E-state index contributed by atoms with van der Waals surface area (Å²) in [5.74, 6) is 0.224. The summed E-state index contributed by atoms with van der Waals surface area (Å²) < 4.78 is 10.7. The number of nitrogens with zero attached hydrogens (tertiary/aromatic N) is 4. The van der Waals surface area contributed by atoms with Gasteiger partial charge in [0.15, 0.2) is 0 Å². The molecule has 0 amide bonds. The fourth-order valence-electron chi connectivity index (χ4n) is 2.44. The normalized spacial score (nSPS) is 11.0. The van der Waals surface area contributed by atoms with Crippen LogP contribution in [0.5, 0.6) is 11.5 Å². The van der Waals surface area contributed by atoms with Gasteiger partial charge in [-0.15, -0.1) is 0 Å². The van der Waals surface area contributed by atoms with Crippen LogP contribution in [0.1, 0.15) is 5.56 Å². The van der Waals surface area contributed by atoms with Crippen molar-refractivity contribution in [3.8, 4) is 11.5 Å². The SMILES string of the molecule is COC(=O)/C(=C\c1ccc(Cl)cc1Oc1cccc2cnccc12)N=[N+]=[N-]. The summed E-state index contributed by atoms with van der Waals surface area (Å²) >= 11 is 6.10. The molecular formula is C19H13ClN4O3. The molecule has 8 heteroatoms. The van der Waals surface area contributed by atoms with Crippen LogP contribution in [0.15, 0.2) is 65.7 Å². The fourth-order valence-corrected chi connectivity index (χ4v) is 2.61. The first-order chi connectivity index (χ1) is 13.1.